The predicted octanol–water partition coefficient (Wildman–Crippen LogP) is 3.40. The minimum Gasteiger partial charge on any atom is -0.330 e. The van der Waals surface area contributed by atoms with E-state index in [0.717, 1.165) is 11.1 Å². The molecule has 0 saturated heterocycles. The standard InChI is InChI=1S/C16H17ClN2O/c1-11-5-4-8-14(17)15(11)19-16(20)13-7-3-2-6-12(13)9-10-18/h2-8H,9-10,18H2,1H3,(H,19,20). The number of carbonyl (C=O) groups is 1. The fourth-order valence-electron chi connectivity index (χ4n) is 2.09. The van der Waals surface area contributed by atoms with E-state index in [2.05, 4.69) is 5.32 Å². The summed E-state index contributed by atoms with van der Waals surface area (Å²) in [6, 6.07) is 13.0. The van der Waals surface area contributed by atoms with Gasteiger partial charge < -0.3 is 11.1 Å². The van der Waals surface area contributed by atoms with Crippen LogP contribution >= 0.6 is 11.6 Å². The van der Waals surface area contributed by atoms with Crippen molar-refractivity contribution < 1.29 is 4.79 Å². The Kier molecular flexibility index (Phi) is 4.77. The van der Waals surface area contributed by atoms with E-state index in [4.69, 9.17) is 17.3 Å². The largest absolute Gasteiger partial charge is 0.330 e. The minimum atomic E-state index is -0.162. The average molecular weight is 289 g/mol. The zero-order valence-corrected chi connectivity index (χ0v) is 12.1. The minimum absolute atomic E-state index is 0.162. The summed E-state index contributed by atoms with van der Waals surface area (Å²) in [6.07, 6.45) is 0.672. The quantitative estimate of drug-likeness (QED) is 0.906. The summed E-state index contributed by atoms with van der Waals surface area (Å²) in [5.74, 6) is -0.162. The zero-order chi connectivity index (χ0) is 14.5. The van der Waals surface area contributed by atoms with Gasteiger partial charge in [0.1, 0.15) is 0 Å². The molecule has 0 bridgehead atoms. The molecule has 3 nitrogen and oxygen atoms in total. The normalized spacial score (nSPS) is 10.3. The molecule has 0 heterocycles. The molecule has 2 rings (SSSR count). The third-order valence-corrected chi connectivity index (χ3v) is 3.45. The Morgan fingerprint density at radius 1 is 1.20 bits per heavy atom. The molecule has 20 heavy (non-hydrogen) atoms. The molecule has 1 amide bonds. The molecule has 0 aromatic heterocycles. The lowest BCUT2D eigenvalue weighted by Crippen LogP contribution is -2.16. The van der Waals surface area contributed by atoms with E-state index in [1.807, 2.05) is 37.3 Å². The molecule has 2 aromatic carbocycles. The molecule has 0 spiro atoms. The van der Waals surface area contributed by atoms with E-state index in [1.165, 1.54) is 0 Å². The smallest absolute Gasteiger partial charge is 0.255 e. The summed E-state index contributed by atoms with van der Waals surface area (Å²) in [5.41, 5.74) is 8.74. The second-order valence-electron chi connectivity index (χ2n) is 4.58. The maximum atomic E-state index is 12.4. The van der Waals surface area contributed by atoms with Gasteiger partial charge in [0.05, 0.1) is 10.7 Å². The van der Waals surface area contributed by atoms with Crippen LogP contribution in [0.1, 0.15) is 21.5 Å². The highest BCUT2D eigenvalue weighted by molar-refractivity contribution is 6.34. The Bertz CT molecular complexity index is 605. The maximum Gasteiger partial charge on any atom is 0.255 e. The molecule has 2 aromatic rings. The van der Waals surface area contributed by atoms with Gasteiger partial charge in [-0.25, -0.2) is 0 Å². The summed E-state index contributed by atoms with van der Waals surface area (Å²) >= 11 is 6.13. The molecule has 0 aliphatic heterocycles. The number of aryl methyl sites for hydroxylation is 1. The molecule has 0 aliphatic rings. The van der Waals surface area contributed by atoms with Gasteiger partial charge in [-0.15, -0.1) is 0 Å². The molecular formula is C16H17ClN2O. The monoisotopic (exact) mass is 288 g/mol. The van der Waals surface area contributed by atoms with E-state index in [1.54, 1.807) is 12.1 Å². The van der Waals surface area contributed by atoms with E-state index in [0.29, 0.717) is 29.2 Å². The highest BCUT2D eigenvalue weighted by Gasteiger charge is 2.13. The summed E-state index contributed by atoms with van der Waals surface area (Å²) in [4.78, 5) is 12.4. The van der Waals surface area contributed by atoms with Gasteiger partial charge in [0.25, 0.3) is 5.91 Å². The number of benzene rings is 2. The van der Waals surface area contributed by atoms with E-state index in [-0.39, 0.29) is 5.91 Å². The van der Waals surface area contributed by atoms with Gasteiger partial charge >= 0.3 is 0 Å². The van der Waals surface area contributed by atoms with Crippen molar-refractivity contribution in [3.05, 3.63) is 64.2 Å². The molecule has 104 valence electrons. The lowest BCUT2D eigenvalue weighted by Gasteiger charge is -2.12. The second-order valence-corrected chi connectivity index (χ2v) is 4.99. The number of anilines is 1. The summed E-state index contributed by atoms with van der Waals surface area (Å²) in [5, 5.41) is 3.42. The van der Waals surface area contributed by atoms with Gasteiger partial charge in [0, 0.05) is 5.56 Å². The van der Waals surface area contributed by atoms with Gasteiger partial charge in [-0.2, -0.15) is 0 Å². The van der Waals surface area contributed by atoms with Crippen LogP contribution in [0.3, 0.4) is 0 Å². The first-order valence-corrected chi connectivity index (χ1v) is 6.85. The fraction of sp³-hybridized carbons (Fsp3) is 0.188. The molecule has 3 N–H and O–H groups in total. The number of halogens is 1. The van der Waals surface area contributed by atoms with Crippen molar-refractivity contribution >= 4 is 23.2 Å². The fourth-order valence-corrected chi connectivity index (χ4v) is 2.36. The lowest BCUT2D eigenvalue weighted by molar-refractivity contribution is 0.102. The SMILES string of the molecule is Cc1cccc(Cl)c1NC(=O)c1ccccc1CCN. The van der Waals surface area contributed by atoms with Gasteiger partial charge in [0.15, 0.2) is 0 Å². The number of nitrogens with one attached hydrogen (secondary N) is 1. The van der Waals surface area contributed by atoms with Crippen LogP contribution in [0.5, 0.6) is 0 Å². The number of para-hydroxylation sites is 1. The van der Waals surface area contributed by atoms with Crippen LogP contribution in [0.4, 0.5) is 5.69 Å². The Morgan fingerprint density at radius 2 is 1.95 bits per heavy atom. The van der Waals surface area contributed by atoms with Crippen molar-refractivity contribution in [2.75, 3.05) is 11.9 Å². The summed E-state index contributed by atoms with van der Waals surface area (Å²) in [7, 11) is 0. The molecule has 0 radical (unpaired) electrons. The first-order valence-electron chi connectivity index (χ1n) is 6.48. The van der Waals surface area contributed by atoms with Gasteiger partial charge in [-0.05, 0) is 43.1 Å². The van der Waals surface area contributed by atoms with E-state index in [9.17, 15) is 4.79 Å². The van der Waals surface area contributed by atoms with Crippen molar-refractivity contribution in [2.24, 2.45) is 5.73 Å². The maximum absolute atomic E-state index is 12.4. The van der Waals surface area contributed by atoms with Gasteiger partial charge in [-0.1, -0.05) is 41.9 Å². The number of nitrogens with two attached hydrogens (primary N) is 1. The first kappa shape index (κ1) is 14.6. The molecule has 0 unspecified atom stereocenters. The van der Waals surface area contributed by atoms with E-state index >= 15 is 0 Å². The van der Waals surface area contributed by atoms with Crippen LogP contribution < -0.4 is 11.1 Å². The third-order valence-electron chi connectivity index (χ3n) is 3.14. The molecule has 0 atom stereocenters. The van der Waals surface area contributed by atoms with Crippen LogP contribution in [0.15, 0.2) is 42.5 Å². The van der Waals surface area contributed by atoms with Crippen LogP contribution in [0.2, 0.25) is 5.02 Å². The number of hydrogen-bond donors (Lipinski definition) is 2. The topological polar surface area (TPSA) is 55.1 Å². The van der Waals surface area contributed by atoms with Crippen molar-refractivity contribution in [3.63, 3.8) is 0 Å². The summed E-state index contributed by atoms with van der Waals surface area (Å²) in [6.45, 7) is 2.42. The second kappa shape index (κ2) is 6.55. The highest BCUT2D eigenvalue weighted by Crippen LogP contribution is 2.26. The van der Waals surface area contributed by atoms with Gasteiger partial charge in [0.2, 0.25) is 0 Å². The van der Waals surface area contributed by atoms with Crippen molar-refractivity contribution in [1.29, 1.82) is 0 Å². The van der Waals surface area contributed by atoms with Crippen LogP contribution in [0.25, 0.3) is 0 Å². The summed E-state index contributed by atoms with van der Waals surface area (Å²) < 4.78 is 0. The third kappa shape index (κ3) is 3.18. The average Bonchev–Trinajstić information content (AvgIpc) is 2.44. The number of amides is 1. The lowest BCUT2D eigenvalue weighted by atomic mass is 10.0. The Balaban J connectivity index is 2.29. The van der Waals surface area contributed by atoms with Crippen LogP contribution in [-0.4, -0.2) is 12.5 Å². The van der Waals surface area contributed by atoms with Crippen LogP contribution in [-0.2, 0) is 6.42 Å². The molecule has 0 fully saturated rings. The van der Waals surface area contributed by atoms with Crippen LogP contribution in [0, 0.1) is 6.92 Å². The number of rotatable bonds is 4. The number of carbonyl (C=O) groups excluding carboxylic acids is 1. The predicted molar refractivity (Wildman–Crippen MR) is 83.3 cm³/mol. The Hall–Kier alpha value is -1.84. The molecular weight excluding hydrogens is 272 g/mol. The molecule has 0 aliphatic carbocycles. The van der Waals surface area contributed by atoms with Crippen molar-refractivity contribution in [2.45, 2.75) is 13.3 Å². The van der Waals surface area contributed by atoms with E-state index < -0.39 is 0 Å². The van der Waals surface area contributed by atoms with Crippen molar-refractivity contribution in [1.82, 2.24) is 0 Å². The zero-order valence-electron chi connectivity index (χ0n) is 11.3. The Labute approximate surface area is 123 Å². The first-order chi connectivity index (χ1) is 9.63. The number of hydrogen-bond acceptors (Lipinski definition) is 2. The molecule has 4 heteroatoms. The highest BCUT2D eigenvalue weighted by atomic mass is 35.5. The Morgan fingerprint density at radius 3 is 2.65 bits per heavy atom. The van der Waals surface area contributed by atoms with Gasteiger partial charge in [-0.3, -0.25) is 4.79 Å². The molecule has 0 saturated carbocycles. The van der Waals surface area contributed by atoms with Crippen molar-refractivity contribution in [3.8, 4) is 0 Å².